The summed E-state index contributed by atoms with van der Waals surface area (Å²) in [6, 6.07) is 2.16. The van der Waals surface area contributed by atoms with Crippen LogP contribution in [0.5, 0.6) is 0 Å². The number of rotatable bonds is 7. The first kappa shape index (κ1) is 19.9. The zero-order valence-corrected chi connectivity index (χ0v) is 16.1. The lowest BCUT2D eigenvalue weighted by Crippen LogP contribution is -2.49. The average molecular weight is 361 g/mol. The van der Waals surface area contributed by atoms with Crippen molar-refractivity contribution in [3.8, 4) is 0 Å². The summed E-state index contributed by atoms with van der Waals surface area (Å²) in [6.07, 6.45) is 7.70. The third kappa shape index (κ3) is 6.50. The number of hydrogen-bond donors (Lipinski definition) is 2. The molecule has 0 saturated carbocycles. The number of aliphatic imine (C=N–C) groups is 1. The second-order valence-corrected chi connectivity index (χ2v) is 6.69. The molecule has 0 spiro atoms. The zero-order chi connectivity index (χ0) is 18.8. The number of carbonyl (C=O) groups is 1. The van der Waals surface area contributed by atoms with Crippen molar-refractivity contribution < 1.29 is 4.79 Å². The van der Waals surface area contributed by atoms with Crippen LogP contribution < -0.4 is 15.5 Å². The predicted octanol–water partition coefficient (Wildman–Crippen LogP) is 0.869. The van der Waals surface area contributed by atoms with E-state index in [1.165, 1.54) is 0 Å². The van der Waals surface area contributed by atoms with Gasteiger partial charge in [-0.15, -0.1) is 0 Å². The summed E-state index contributed by atoms with van der Waals surface area (Å²) in [7, 11) is 3.49. The lowest BCUT2D eigenvalue weighted by molar-refractivity contribution is -0.127. The minimum Gasteiger partial charge on any atom is -0.356 e. The highest BCUT2D eigenvalue weighted by molar-refractivity contribution is 5.84. The van der Waals surface area contributed by atoms with Crippen LogP contribution in [0.25, 0.3) is 0 Å². The minimum atomic E-state index is -0.00219. The summed E-state index contributed by atoms with van der Waals surface area (Å²) >= 11 is 0. The molecule has 1 aromatic heterocycles. The van der Waals surface area contributed by atoms with E-state index in [1.807, 2.05) is 6.07 Å². The summed E-state index contributed by atoms with van der Waals surface area (Å²) in [5.41, 5.74) is 0. The third-order valence-electron chi connectivity index (χ3n) is 4.36. The number of aromatic nitrogens is 2. The Labute approximate surface area is 156 Å². The Hall–Kier alpha value is -2.38. The van der Waals surface area contributed by atoms with Gasteiger partial charge < -0.3 is 20.4 Å². The maximum Gasteiger partial charge on any atom is 0.243 e. The van der Waals surface area contributed by atoms with Gasteiger partial charge in [0.25, 0.3) is 0 Å². The molecule has 1 fully saturated rings. The highest BCUT2D eigenvalue weighted by atomic mass is 16.2. The molecule has 2 N–H and O–H groups in total. The molecule has 1 saturated heterocycles. The minimum absolute atomic E-state index is 0.00219. The van der Waals surface area contributed by atoms with Crippen LogP contribution in [0.1, 0.15) is 32.6 Å². The van der Waals surface area contributed by atoms with Crippen molar-refractivity contribution in [3.63, 3.8) is 0 Å². The van der Waals surface area contributed by atoms with Gasteiger partial charge in [-0.05, 0) is 25.3 Å². The van der Waals surface area contributed by atoms with Crippen LogP contribution >= 0.6 is 0 Å². The van der Waals surface area contributed by atoms with E-state index in [-0.39, 0.29) is 12.5 Å². The Kier molecular flexibility index (Phi) is 8.11. The van der Waals surface area contributed by atoms with Crippen molar-refractivity contribution in [3.05, 3.63) is 18.5 Å². The molecular formula is C18H31N7O. The highest BCUT2D eigenvalue weighted by Gasteiger charge is 2.21. The van der Waals surface area contributed by atoms with E-state index in [1.54, 1.807) is 31.4 Å². The SMILES string of the molecule is CCCCNC(=NCC(=O)N(C)C)NC1CCN(c2ncccn2)CC1. The van der Waals surface area contributed by atoms with Gasteiger partial charge in [-0.1, -0.05) is 13.3 Å². The third-order valence-corrected chi connectivity index (χ3v) is 4.36. The molecule has 26 heavy (non-hydrogen) atoms. The highest BCUT2D eigenvalue weighted by Crippen LogP contribution is 2.15. The van der Waals surface area contributed by atoms with Crippen LogP contribution in [0.2, 0.25) is 0 Å². The summed E-state index contributed by atoms with van der Waals surface area (Å²) < 4.78 is 0. The number of unbranched alkanes of at least 4 members (excludes halogenated alkanes) is 1. The van der Waals surface area contributed by atoms with Crippen LogP contribution in [0.4, 0.5) is 5.95 Å². The summed E-state index contributed by atoms with van der Waals surface area (Å²) in [4.78, 5) is 28.7. The fraction of sp³-hybridized carbons (Fsp3) is 0.667. The number of likely N-dealkylation sites (N-methyl/N-ethyl adjacent to an activating group) is 1. The van der Waals surface area contributed by atoms with Gasteiger partial charge in [0.1, 0.15) is 6.54 Å². The lowest BCUT2D eigenvalue weighted by Gasteiger charge is -2.33. The average Bonchev–Trinajstić information content (AvgIpc) is 2.67. The number of guanidine groups is 1. The summed E-state index contributed by atoms with van der Waals surface area (Å²) in [5.74, 6) is 1.51. The number of amides is 1. The van der Waals surface area contributed by atoms with Gasteiger partial charge in [0, 0.05) is 52.2 Å². The second-order valence-electron chi connectivity index (χ2n) is 6.69. The van der Waals surface area contributed by atoms with Crippen molar-refractivity contribution in [1.82, 2.24) is 25.5 Å². The molecule has 1 aromatic rings. The molecule has 1 amide bonds. The molecule has 1 aliphatic rings. The number of nitrogens with one attached hydrogen (secondary N) is 2. The predicted molar refractivity (Wildman–Crippen MR) is 104 cm³/mol. The lowest BCUT2D eigenvalue weighted by atomic mass is 10.1. The summed E-state index contributed by atoms with van der Waals surface area (Å²) in [6.45, 7) is 4.98. The van der Waals surface area contributed by atoms with Crippen LogP contribution in [0.3, 0.4) is 0 Å². The molecule has 0 aromatic carbocycles. The van der Waals surface area contributed by atoms with Gasteiger partial charge in [-0.25, -0.2) is 15.0 Å². The van der Waals surface area contributed by atoms with Crippen LogP contribution in [0, 0.1) is 0 Å². The molecule has 8 nitrogen and oxygen atoms in total. The number of anilines is 1. The van der Waals surface area contributed by atoms with Gasteiger partial charge in [-0.2, -0.15) is 0 Å². The molecule has 0 radical (unpaired) electrons. The van der Waals surface area contributed by atoms with E-state index in [9.17, 15) is 4.79 Å². The molecule has 2 heterocycles. The van der Waals surface area contributed by atoms with Crippen LogP contribution in [-0.4, -0.2) is 73.1 Å². The van der Waals surface area contributed by atoms with E-state index in [0.29, 0.717) is 6.04 Å². The van der Waals surface area contributed by atoms with Crippen LogP contribution in [-0.2, 0) is 4.79 Å². The number of piperidine rings is 1. The maximum absolute atomic E-state index is 11.8. The van der Waals surface area contributed by atoms with Crippen molar-refractivity contribution in [2.45, 2.75) is 38.6 Å². The Bertz CT molecular complexity index is 568. The molecule has 0 unspecified atom stereocenters. The first-order valence-electron chi connectivity index (χ1n) is 9.37. The van der Waals surface area contributed by atoms with Crippen molar-refractivity contribution in [1.29, 1.82) is 0 Å². The van der Waals surface area contributed by atoms with E-state index in [0.717, 1.165) is 57.2 Å². The molecule has 144 valence electrons. The smallest absolute Gasteiger partial charge is 0.243 e. The molecule has 0 atom stereocenters. The quantitative estimate of drug-likeness (QED) is 0.426. The molecule has 8 heteroatoms. The normalized spacial score (nSPS) is 15.7. The standard InChI is InChI=1S/C18H31N7O/c1-4-5-9-19-17(22-14-16(26)24(2)3)23-15-7-12-25(13-8-15)18-20-10-6-11-21-18/h6,10-11,15H,4-5,7-9,12-14H2,1-3H3,(H2,19,22,23). The fourth-order valence-corrected chi connectivity index (χ4v) is 2.70. The molecule has 2 rings (SSSR count). The second kappa shape index (κ2) is 10.6. The van der Waals surface area contributed by atoms with E-state index in [4.69, 9.17) is 0 Å². The Morgan fingerprint density at radius 2 is 2.00 bits per heavy atom. The van der Waals surface area contributed by atoms with Crippen LogP contribution in [0.15, 0.2) is 23.5 Å². The topological polar surface area (TPSA) is 85.8 Å². The number of nitrogens with zero attached hydrogens (tertiary/aromatic N) is 5. The summed E-state index contributed by atoms with van der Waals surface area (Å²) in [5, 5.41) is 6.82. The first-order valence-corrected chi connectivity index (χ1v) is 9.37. The maximum atomic E-state index is 11.8. The molecule has 0 aliphatic carbocycles. The van der Waals surface area contributed by atoms with Gasteiger partial charge in [0.15, 0.2) is 5.96 Å². The first-order chi connectivity index (χ1) is 12.6. The Morgan fingerprint density at radius 3 is 2.62 bits per heavy atom. The van der Waals surface area contributed by atoms with Gasteiger partial charge in [-0.3, -0.25) is 4.79 Å². The van der Waals surface area contributed by atoms with Gasteiger partial charge in [0.05, 0.1) is 0 Å². The molecule has 0 bridgehead atoms. The largest absolute Gasteiger partial charge is 0.356 e. The van der Waals surface area contributed by atoms with Crippen molar-refractivity contribution in [2.75, 3.05) is 45.2 Å². The Morgan fingerprint density at radius 1 is 1.31 bits per heavy atom. The van der Waals surface area contributed by atoms with Gasteiger partial charge in [0.2, 0.25) is 11.9 Å². The number of hydrogen-bond acceptors (Lipinski definition) is 5. The molecular weight excluding hydrogens is 330 g/mol. The number of carbonyl (C=O) groups excluding carboxylic acids is 1. The molecule has 1 aliphatic heterocycles. The monoisotopic (exact) mass is 361 g/mol. The Balaban J connectivity index is 1.87. The van der Waals surface area contributed by atoms with E-state index < -0.39 is 0 Å². The van der Waals surface area contributed by atoms with Gasteiger partial charge >= 0.3 is 0 Å². The van der Waals surface area contributed by atoms with Crippen molar-refractivity contribution >= 4 is 17.8 Å². The van der Waals surface area contributed by atoms with E-state index in [2.05, 4.69) is 37.4 Å². The van der Waals surface area contributed by atoms with E-state index >= 15 is 0 Å². The zero-order valence-electron chi connectivity index (χ0n) is 16.1. The van der Waals surface area contributed by atoms with Crippen molar-refractivity contribution in [2.24, 2.45) is 4.99 Å². The fourth-order valence-electron chi connectivity index (χ4n) is 2.70.